The predicted octanol–water partition coefficient (Wildman–Crippen LogP) is 4.03. The number of carbonyl (C=O) groups excluding carboxylic acids is 1. The molecule has 2 N–H and O–H groups in total. The third kappa shape index (κ3) is 4.47. The van der Waals surface area contributed by atoms with Crippen molar-refractivity contribution in [3.63, 3.8) is 0 Å². The molecule has 1 aromatic carbocycles. The van der Waals surface area contributed by atoms with E-state index in [0.717, 1.165) is 4.90 Å². The highest BCUT2D eigenvalue weighted by atomic mass is 79.9. The standard InChI is InChI=1S/C16H20BrF3N2O/c1-22(15(23)11-4-8-13(21)9-5-11)14(16(18,19)20)10-2-6-12(17)7-3-10/h2-3,6-7,11,13-14H,4-5,8-9,21H2,1H3/t11?,13?,14-/m0/s1. The molecule has 128 valence electrons. The Morgan fingerprint density at radius 1 is 1.22 bits per heavy atom. The van der Waals surface area contributed by atoms with Crippen molar-refractivity contribution in [2.75, 3.05) is 7.05 Å². The average Bonchev–Trinajstić information content (AvgIpc) is 2.48. The van der Waals surface area contributed by atoms with Crippen molar-refractivity contribution in [1.82, 2.24) is 4.90 Å². The number of hydrogen-bond acceptors (Lipinski definition) is 2. The molecule has 2 rings (SSSR count). The van der Waals surface area contributed by atoms with Crippen LogP contribution in [0.15, 0.2) is 28.7 Å². The van der Waals surface area contributed by atoms with Crippen LogP contribution in [0.3, 0.4) is 0 Å². The quantitative estimate of drug-likeness (QED) is 0.843. The van der Waals surface area contributed by atoms with Crippen LogP contribution in [0, 0.1) is 5.92 Å². The number of rotatable bonds is 3. The zero-order valence-corrected chi connectivity index (χ0v) is 14.4. The normalized spacial score (nSPS) is 23.4. The number of nitrogens with two attached hydrogens (primary N) is 1. The van der Waals surface area contributed by atoms with Gasteiger partial charge in [0.15, 0.2) is 6.04 Å². The zero-order chi connectivity index (χ0) is 17.2. The van der Waals surface area contributed by atoms with Gasteiger partial charge in [-0.2, -0.15) is 13.2 Å². The summed E-state index contributed by atoms with van der Waals surface area (Å²) < 4.78 is 41.3. The summed E-state index contributed by atoms with van der Waals surface area (Å²) in [6.45, 7) is 0. The van der Waals surface area contributed by atoms with Gasteiger partial charge in [0.1, 0.15) is 0 Å². The zero-order valence-electron chi connectivity index (χ0n) is 12.8. The molecule has 1 fully saturated rings. The lowest BCUT2D eigenvalue weighted by Gasteiger charge is -2.34. The first kappa shape index (κ1) is 18.3. The summed E-state index contributed by atoms with van der Waals surface area (Å²) >= 11 is 3.21. The molecule has 0 spiro atoms. The number of hydrogen-bond donors (Lipinski definition) is 1. The molecule has 1 saturated carbocycles. The molecule has 23 heavy (non-hydrogen) atoms. The molecule has 3 nitrogen and oxygen atoms in total. The fraction of sp³-hybridized carbons (Fsp3) is 0.562. The molecule has 0 aliphatic heterocycles. The molecule has 0 saturated heterocycles. The van der Waals surface area contributed by atoms with E-state index in [-0.39, 0.29) is 17.5 Å². The van der Waals surface area contributed by atoms with Crippen LogP contribution in [0.2, 0.25) is 0 Å². The number of benzene rings is 1. The van der Waals surface area contributed by atoms with Gasteiger partial charge in [0.2, 0.25) is 5.91 Å². The molecule has 0 aromatic heterocycles. The fourth-order valence-electron chi connectivity index (χ4n) is 3.06. The fourth-order valence-corrected chi connectivity index (χ4v) is 3.32. The van der Waals surface area contributed by atoms with Crippen molar-refractivity contribution >= 4 is 21.8 Å². The molecule has 1 aliphatic rings. The minimum absolute atomic E-state index is 0.0502. The van der Waals surface area contributed by atoms with Gasteiger partial charge in [-0.15, -0.1) is 0 Å². The maximum atomic E-state index is 13.5. The Balaban J connectivity index is 2.21. The van der Waals surface area contributed by atoms with Crippen LogP contribution in [-0.4, -0.2) is 30.1 Å². The largest absolute Gasteiger partial charge is 0.413 e. The lowest BCUT2D eigenvalue weighted by molar-refractivity contribution is -0.191. The lowest BCUT2D eigenvalue weighted by atomic mass is 9.85. The van der Waals surface area contributed by atoms with Gasteiger partial charge in [-0.3, -0.25) is 4.79 Å². The molecule has 0 heterocycles. The Morgan fingerprint density at radius 3 is 2.22 bits per heavy atom. The van der Waals surface area contributed by atoms with Gasteiger partial charge >= 0.3 is 6.18 Å². The van der Waals surface area contributed by atoms with E-state index in [2.05, 4.69) is 15.9 Å². The molecular formula is C16H20BrF3N2O. The molecule has 7 heteroatoms. The monoisotopic (exact) mass is 392 g/mol. The Morgan fingerprint density at radius 2 is 1.74 bits per heavy atom. The molecular weight excluding hydrogens is 373 g/mol. The Kier molecular flexibility index (Phi) is 5.73. The van der Waals surface area contributed by atoms with Crippen LogP contribution in [-0.2, 0) is 4.79 Å². The summed E-state index contributed by atoms with van der Waals surface area (Å²) in [7, 11) is 1.23. The Bertz CT molecular complexity index is 539. The lowest BCUT2D eigenvalue weighted by Crippen LogP contribution is -2.44. The van der Waals surface area contributed by atoms with Gasteiger partial charge in [0, 0.05) is 23.5 Å². The number of alkyl halides is 3. The van der Waals surface area contributed by atoms with Gasteiger partial charge in [0.25, 0.3) is 0 Å². The van der Waals surface area contributed by atoms with E-state index in [9.17, 15) is 18.0 Å². The molecule has 1 amide bonds. The third-order valence-corrected chi connectivity index (χ3v) is 4.88. The summed E-state index contributed by atoms with van der Waals surface area (Å²) in [5.41, 5.74) is 5.86. The van der Waals surface area contributed by atoms with Crippen LogP contribution >= 0.6 is 15.9 Å². The second-order valence-electron chi connectivity index (χ2n) is 6.06. The number of carbonyl (C=O) groups is 1. The van der Waals surface area contributed by atoms with Gasteiger partial charge in [-0.05, 0) is 43.4 Å². The first-order chi connectivity index (χ1) is 10.7. The van der Waals surface area contributed by atoms with E-state index >= 15 is 0 Å². The van der Waals surface area contributed by atoms with Crippen molar-refractivity contribution in [3.8, 4) is 0 Å². The molecule has 1 aromatic rings. The Labute approximate surface area is 142 Å². The second kappa shape index (κ2) is 7.21. The first-order valence-electron chi connectivity index (χ1n) is 7.54. The van der Waals surface area contributed by atoms with Crippen LogP contribution in [0.1, 0.15) is 37.3 Å². The molecule has 1 atom stereocenters. The van der Waals surface area contributed by atoms with E-state index in [1.807, 2.05) is 0 Å². The van der Waals surface area contributed by atoms with E-state index < -0.39 is 18.1 Å². The second-order valence-corrected chi connectivity index (χ2v) is 6.97. The minimum Gasteiger partial charge on any atom is -0.330 e. The van der Waals surface area contributed by atoms with Gasteiger partial charge < -0.3 is 10.6 Å². The van der Waals surface area contributed by atoms with Crippen LogP contribution in [0.25, 0.3) is 0 Å². The van der Waals surface area contributed by atoms with Crippen molar-refractivity contribution in [3.05, 3.63) is 34.3 Å². The van der Waals surface area contributed by atoms with Crippen LogP contribution in [0.5, 0.6) is 0 Å². The predicted molar refractivity (Wildman–Crippen MR) is 85.6 cm³/mol. The highest BCUT2D eigenvalue weighted by Crippen LogP contribution is 2.39. The highest BCUT2D eigenvalue weighted by Gasteiger charge is 2.46. The highest BCUT2D eigenvalue weighted by molar-refractivity contribution is 9.10. The molecule has 0 radical (unpaired) electrons. The minimum atomic E-state index is -4.52. The summed E-state index contributed by atoms with van der Waals surface area (Å²) in [4.78, 5) is 13.3. The van der Waals surface area contributed by atoms with Crippen molar-refractivity contribution < 1.29 is 18.0 Å². The topological polar surface area (TPSA) is 46.3 Å². The van der Waals surface area contributed by atoms with Crippen LogP contribution < -0.4 is 5.73 Å². The van der Waals surface area contributed by atoms with Gasteiger partial charge in [0.05, 0.1) is 0 Å². The third-order valence-electron chi connectivity index (χ3n) is 4.35. The average molecular weight is 393 g/mol. The van der Waals surface area contributed by atoms with Crippen molar-refractivity contribution in [1.29, 1.82) is 0 Å². The molecule has 0 bridgehead atoms. The maximum absolute atomic E-state index is 13.5. The SMILES string of the molecule is CN(C(=O)C1CCC(N)CC1)[C@@H](c1ccc(Br)cc1)C(F)(F)F. The Hall–Kier alpha value is -1.08. The summed E-state index contributed by atoms with van der Waals surface area (Å²) in [5.74, 6) is -0.831. The smallest absolute Gasteiger partial charge is 0.330 e. The van der Waals surface area contributed by atoms with E-state index in [1.54, 1.807) is 12.1 Å². The number of halogens is 4. The van der Waals surface area contributed by atoms with E-state index in [0.29, 0.717) is 30.2 Å². The van der Waals surface area contributed by atoms with Gasteiger partial charge in [-0.1, -0.05) is 28.1 Å². The first-order valence-corrected chi connectivity index (χ1v) is 8.34. The molecule has 1 aliphatic carbocycles. The molecule has 0 unspecified atom stereocenters. The number of amides is 1. The van der Waals surface area contributed by atoms with Crippen molar-refractivity contribution in [2.24, 2.45) is 11.7 Å². The van der Waals surface area contributed by atoms with E-state index in [1.165, 1.54) is 19.2 Å². The van der Waals surface area contributed by atoms with Crippen LogP contribution in [0.4, 0.5) is 13.2 Å². The summed E-state index contributed by atoms with van der Waals surface area (Å²) in [6.07, 6.45) is -2.06. The van der Waals surface area contributed by atoms with Crippen molar-refractivity contribution in [2.45, 2.75) is 43.9 Å². The maximum Gasteiger partial charge on any atom is 0.413 e. The van der Waals surface area contributed by atoms with E-state index in [4.69, 9.17) is 5.73 Å². The number of nitrogens with zero attached hydrogens (tertiary/aromatic N) is 1. The summed E-state index contributed by atoms with van der Waals surface area (Å²) in [6, 6.07) is 4.00. The summed E-state index contributed by atoms with van der Waals surface area (Å²) in [5, 5.41) is 0. The van der Waals surface area contributed by atoms with Gasteiger partial charge in [-0.25, -0.2) is 0 Å².